The maximum absolute atomic E-state index is 6.16. The molecule has 92 valence electrons. The molecule has 17 heavy (non-hydrogen) atoms. The van der Waals surface area contributed by atoms with E-state index in [9.17, 15) is 0 Å². The topological polar surface area (TPSA) is 69.6 Å². The number of hydrogen-bond acceptors (Lipinski definition) is 5. The number of thiazole rings is 1. The van der Waals surface area contributed by atoms with Gasteiger partial charge in [-0.1, -0.05) is 0 Å². The largest absolute Gasteiger partial charge is 0.323 e. The Morgan fingerprint density at radius 2 is 2.18 bits per heavy atom. The standard InChI is InChI=1S/C11H17N5S/c1-7(2)16-11(14-6-15-16)4-9(12)10-5-13-8(3)17-10/h5-7,9H,4,12H2,1-3H3. The molecule has 0 saturated heterocycles. The van der Waals surface area contributed by atoms with Gasteiger partial charge in [0.1, 0.15) is 12.2 Å². The minimum Gasteiger partial charge on any atom is -0.323 e. The van der Waals surface area contributed by atoms with Crippen molar-refractivity contribution in [1.29, 1.82) is 0 Å². The van der Waals surface area contributed by atoms with Gasteiger partial charge >= 0.3 is 0 Å². The average molecular weight is 251 g/mol. The van der Waals surface area contributed by atoms with Crippen LogP contribution in [-0.2, 0) is 6.42 Å². The molecule has 5 nitrogen and oxygen atoms in total. The first-order chi connectivity index (χ1) is 8.08. The molecule has 1 unspecified atom stereocenters. The van der Waals surface area contributed by atoms with Gasteiger partial charge in [0.05, 0.1) is 5.01 Å². The Bertz CT molecular complexity index is 488. The van der Waals surface area contributed by atoms with Gasteiger partial charge in [-0.2, -0.15) is 5.10 Å². The molecule has 2 N–H and O–H groups in total. The molecule has 0 saturated carbocycles. The van der Waals surface area contributed by atoms with Crippen LogP contribution in [0.1, 0.15) is 41.6 Å². The van der Waals surface area contributed by atoms with Crippen molar-refractivity contribution in [2.75, 3.05) is 0 Å². The molecule has 0 fully saturated rings. The van der Waals surface area contributed by atoms with E-state index in [1.807, 2.05) is 17.8 Å². The SMILES string of the molecule is Cc1ncc(C(N)Cc2ncnn2C(C)C)s1. The van der Waals surface area contributed by atoms with Crippen molar-refractivity contribution in [2.24, 2.45) is 5.73 Å². The number of aromatic nitrogens is 4. The summed E-state index contributed by atoms with van der Waals surface area (Å²) in [4.78, 5) is 9.58. The van der Waals surface area contributed by atoms with E-state index in [0.717, 1.165) is 15.7 Å². The molecule has 2 aromatic heterocycles. The lowest BCUT2D eigenvalue weighted by atomic mass is 10.2. The molecule has 2 rings (SSSR count). The molecule has 0 aliphatic carbocycles. The van der Waals surface area contributed by atoms with Crippen molar-refractivity contribution in [2.45, 2.75) is 39.3 Å². The number of nitrogens with two attached hydrogens (primary N) is 1. The molecule has 0 amide bonds. The molecule has 2 aromatic rings. The zero-order chi connectivity index (χ0) is 12.4. The first kappa shape index (κ1) is 12.2. The molecule has 0 spiro atoms. The molecule has 0 aromatic carbocycles. The highest BCUT2D eigenvalue weighted by Gasteiger charge is 2.15. The van der Waals surface area contributed by atoms with Gasteiger partial charge in [0, 0.05) is 29.6 Å². The maximum atomic E-state index is 6.16. The molecule has 1 atom stereocenters. The third-order valence-electron chi connectivity index (χ3n) is 2.54. The van der Waals surface area contributed by atoms with E-state index in [1.54, 1.807) is 17.7 Å². The second kappa shape index (κ2) is 4.93. The summed E-state index contributed by atoms with van der Waals surface area (Å²) in [5.41, 5.74) is 6.16. The van der Waals surface area contributed by atoms with E-state index >= 15 is 0 Å². The molecule has 0 aliphatic heterocycles. The zero-order valence-corrected chi connectivity index (χ0v) is 11.1. The third kappa shape index (κ3) is 2.70. The lowest BCUT2D eigenvalue weighted by Crippen LogP contribution is -2.17. The van der Waals surface area contributed by atoms with Crippen molar-refractivity contribution < 1.29 is 0 Å². The highest BCUT2D eigenvalue weighted by atomic mass is 32.1. The quantitative estimate of drug-likeness (QED) is 0.900. The van der Waals surface area contributed by atoms with E-state index in [0.29, 0.717) is 12.5 Å². The first-order valence-electron chi connectivity index (χ1n) is 5.64. The first-order valence-corrected chi connectivity index (χ1v) is 6.46. The van der Waals surface area contributed by atoms with Crippen molar-refractivity contribution in [3.8, 4) is 0 Å². The van der Waals surface area contributed by atoms with E-state index < -0.39 is 0 Å². The van der Waals surface area contributed by atoms with Gasteiger partial charge in [0.25, 0.3) is 0 Å². The fraction of sp³-hybridized carbons (Fsp3) is 0.545. The maximum Gasteiger partial charge on any atom is 0.138 e. The highest BCUT2D eigenvalue weighted by Crippen LogP contribution is 2.21. The number of hydrogen-bond donors (Lipinski definition) is 1. The van der Waals surface area contributed by atoms with Gasteiger partial charge in [0.15, 0.2) is 0 Å². The zero-order valence-electron chi connectivity index (χ0n) is 10.3. The van der Waals surface area contributed by atoms with Crippen LogP contribution in [0.15, 0.2) is 12.5 Å². The summed E-state index contributed by atoms with van der Waals surface area (Å²) in [6, 6.07) is 0.255. The van der Waals surface area contributed by atoms with Crippen molar-refractivity contribution >= 4 is 11.3 Å². The van der Waals surface area contributed by atoms with Crippen LogP contribution in [0.2, 0.25) is 0 Å². The summed E-state index contributed by atoms with van der Waals surface area (Å²) in [6.07, 6.45) is 4.13. The summed E-state index contributed by atoms with van der Waals surface area (Å²) in [5.74, 6) is 0.929. The summed E-state index contributed by atoms with van der Waals surface area (Å²) in [7, 11) is 0. The fourth-order valence-corrected chi connectivity index (χ4v) is 2.48. The van der Waals surface area contributed by atoms with Crippen molar-refractivity contribution in [1.82, 2.24) is 19.7 Å². The van der Waals surface area contributed by atoms with Crippen LogP contribution < -0.4 is 5.73 Å². The third-order valence-corrected chi connectivity index (χ3v) is 3.59. The number of aryl methyl sites for hydroxylation is 1. The lowest BCUT2D eigenvalue weighted by molar-refractivity contribution is 0.494. The summed E-state index contributed by atoms with van der Waals surface area (Å²) in [5, 5.41) is 5.25. The summed E-state index contributed by atoms with van der Waals surface area (Å²) >= 11 is 1.64. The normalized spacial score (nSPS) is 13.2. The van der Waals surface area contributed by atoms with Gasteiger partial charge in [-0.05, 0) is 20.8 Å². The highest BCUT2D eigenvalue weighted by molar-refractivity contribution is 7.11. The Balaban J connectivity index is 2.13. The van der Waals surface area contributed by atoms with Gasteiger partial charge in [0.2, 0.25) is 0 Å². The van der Waals surface area contributed by atoms with E-state index in [4.69, 9.17) is 5.73 Å². The van der Waals surface area contributed by atoms with Crippen LogP contribution in [0.5, 0.6) is 0 Å². The van der Waals surface area contributed by atoms with Crippen molar-refractivity contribution in [3.05, 3.63) is 28.2 Å². The fourth-order valence-electron chi connectivity index (χ4n) is 1.70. The molecular weight excluding hydrogens is 234 g/mol. The van der Waals surface area contributed by atoms with Crippen molar-refractivity contribution in [3.63, 3.8) is 0 Å². The predicted octanol–water partition coefficient (Wildman–Crippen LogP) is 1.87. The summed E-state index contributed by atoms with van der Waals surface area (Å²) < 4.78 is 1.91. The smallest absolute Gasteiger partial charge is 0.138 e. The minimum absolute atomic E-state index is 0.0529. The number of nitrogens with zero attached hydrogens (tertiary/aromatic N) is 4. The molecule has 2 heterocycles. The van der Waals surface area contributed by atoms with Crippen LogP contribution in [0, 0.1) is 6.92 Å². The molecule has 0 radical (unpaired) electrons. The second-order valence-electron chi connectivity index (χ2n) is 4.31. The monoisotopic (exact) mass is 251 g/mol. The van der Waals surface area contributed by atoms with Crippen LogP contribution >= 0.6 is 11.3 Å². The molecular formula is C11H17N5S. The van der Waals surface area contributed by atoms with Crippen LogP contribution in [0.3, 0.4) is 0 Å². The number of rotatable bonds is 4. The predicted molar refractivity (Wildman–Crippen MR) is 67.9 cm³/mol. The van der Waals surface area contributed by atoms with E-state index in [-0.39, 0.29) is 6.04 Å². The van der Waals surface area contributed by atoms with Crippen LogP contribution in [-0.4, -0.2) is 19.7 Å². The second-order valence-corrected chi connectivity index (χ2v) is 5.57. The van der Waals surface area contributed by atoms with Gasteiger partial charge in [-0.25, -0.2) is 14.6 Å². The van der Waals surface area contributed by atoms with Gasteiger partial charge < -0.3 is 5.73 Å². The van der Waals surface area contributed by atoms with Crippen LogP contribution in [0.4, 0.5) is 0 Å². The Kier molecular flexibility index (Phi) is 3.54. The minimum atomic E-state index is -0.0529. The Morgan fingerprint density at radius 1 is 1.41 bits per heavy atom. The summed E-state index contributed by atoms with van der Waals surface area (Å²) in [6.45, 7) is 6.15. The van der Waals surface area contributed by atoms with Crippen LogP contribution in [0.25, 0.3) is 0 Å². The van der Waals surface area contributed by atoms with Gasteiger partial charge in [-0.3, -0.25) is 0 Å². The Hall–Kier alpha value is -1.27. The Labute approximate surface area is 105 Å². The lowest BCUT2D eigenvalue weighted by Gasteiger charge is -2.12. The van der Waals surface area contributed by atoms with Gasteiger partial charge in [-0.15, -0.1) is 11.3 Å². The van der Waals surface area contributed by atoms with E-state index in [2.05, 4.69) is 28.9 Å². The Morgan fingerprint density at radius 3 is 2.76 bits per heavy atom. The molecule has 0 bridgehead atoms. The molecule has 0 aliphatic rings. The average Bonchev–Trinajstić information content (AvgIpc) is 2.86. The molecule has 6 heteroatoms. The van der Waals surface area contributed by atoms with E-state index in [1.165, 1.54) is 0 Å².